The number of hydrogen-bond acceptors (Lipinski definition) is 3. The number of unbranched alkanes of at least 4 members (excludes halogenated alkanes) is 1. The van der Waals surface area contributed by atoms with Crippen LogP contribution >= 0.6 is 0 Å². The van der Waals surface area contributed by atoms with Crippen LogP contribution in [0.15, 0.2) is 0 Å². The number of carbonyl (C=O) groups is 2. The first kappa shape index (κ1) is 17.9. The van der Waals surface area contributed by atoms with E-state index in [-0.39, 0.29) is 5.91 Å². The smallest absolute Gasteiger partial charge is 0.326 e. The van der Waals surface area contributed by atoms with Crippen LogP contribution in [0, 0.1) is 5.92 Å². The Kier molecular flexibility index (Phi) is 10.2. The number of carbonyl (C=O) groups excluding carboxylic acids is 1. The van der Waals surface area contributed by atoms with Crippen molar-refractivity contribution in [2.45, 2.75) is 64.8 Å². The van der Waals surface area contributed by atoms with Crippen LogP contribution in [0.2, 0.25) is 0 Å². The van der Waals surface area contributed by atoms with Crippen LogP contribution in [0.5, 0.6) is 0 Å². The monoisotopic (exact) mass is 272 g/mol. The third-order valence-corrected chi connectivity index (χ3v) is 3.41. The Morgan fingerprint density at radius 1 is 1.21 bits per heavy atom. The molecule has 1 amide bonds. The van der Waals surface area contributed by atoms with Crippen molar-refractivity contribution in [2.24, 2.45) is 11.7 Å². The van der Waals surface area contributed by atoms with Gasteiger partial charge in [-0.25, -0.2) is 4.79 Å². The first-order valence-electron chi connectivity index (χ1n) is 7.27. The van der Waals surface area contributed by atoms with Gasteiger partial charge >= 0.3 is 5.97 Å². The first-order chi connectivity index (χ1) is 9.04. The van der Waals surface area contributed by atoms with E-state index in [0.717, 1.165) is 32.1 Å². The summed E-state index contributed by atoms with van der Waals surface area (Å²) in [5.74, 6) is -0.663. The molecule has 0 aromatic heterocycles. The van der Waals surface area contributed by atoms with Gasteiger partial charge in [-0.05, 0) is 31.7 Å². The second-order valence-corrected chi connectivity index (χ2v) is 4.99. The van der Waals surface area contributed by atoms with Gasteiger partial charge in [0.25, 0.3) is 0 Å². The summed E-state index contributed by atoms with van der Waals surface area (Å²) in [6.07, 6.45) is 5.31. The van der Waals surface area contributed by atoms with Crippen molar-refractivity contribution in [1.82, 2.24) is 5.32 Å². The second kappa shape index (κ2) is 10.8. The second-order valence-electron chi connectivity index (χ2n) is 4.99. The summed E-state index contributed by atoms with van der Waals surface area (Å²) in [4.78, 5) is 22.7. The van der Waals surface area contributed by atoms with E-state index in [9.17, 15) is 9.59 Å². The van der Waals surface area contributed by atoms with Crippen molar-refractivity contribution in [3.8, 4) is 0 Å². The van der Waals surface area contributed by atoms with E-state index in [2.05, 4.69) is 12.2 Å². The number of rotatable bonds is 11. The SMILES string of the molecule is CCCC[C@H](NC(=O)CCC(CC)CCN)C(=O)O. The zero-order valence-electron chi connectivity index (χ0n) is 12.2. The number of amides is 1. The van der Waals surface area contributed by atoms with Crippen LogP contribution in [0.3, 0.4) is 0 Å². The molecule has 0 spiro atoms. The highest BCUT2D eigenvalue weighted by molar-refractivity contribution is 5.83. The summed E-state index contributed by atoms with van der Waals surface area (Å²) >= 11 is 0. The highest BCUT2D eigenvalue weighted by Crippen LogP contribution is 2.14. The third-order valence-electron chi connectivity index (χ3n) is 3.41. The van der Waals surface area contributed by atoms with E-state index in [4.69, 9.17) is 10.8 Å². The van der Waals surface area contributed by atoms with Gasteiger partial charge in [-0.15, -0.1) is 0 Å². The standard InChI is InChI=1S/C14H28N2O3/c1-3-5-6-12(14(18)19)16-13(17)8-7-11(4-2)9-10-15/h11-12H,3-10,15H2,1-2H3,(H,16,17)(H,18,19)/t11?,12-/m0/s1. The Morgan fingerprint density at radius 2 is 1.89 bits per heavy atom. The van der Waals surface area contributed by atoms with Gasteiger partial charge in [0.05, 0.1) is 0 Å². The molecule has 0 aliphatic heterocycles. The number of hydrogen-bond donors (Lipinski definition) is 3. The van der Waals surface area contributed by atoms with Crippen LogP contribution in [0.4, 0.5) is 0 Å². The molecule has 5 heteroatoms. The molecular formula is C14H28N2O3. The maximum absolute atomic E-state index is 11.7. The maximum Gasteiger partial charge on any atom is 0.326 e. The van der Waals surface area contributed by atoms with Gasteiger partial charge in [0, 0.05) is 6.42 Å². The van der Waals surface area contributed by atoms with E-state index >= 15 is 0 Å². The molecule has 0 aromatic carbocycles. The molecule has 0 bridgehead atoms. The molecular weight excluding hydrogens is 244 g/mol. The van der Waals surface area contributed by atoms with Gasteiger partial charge in [0.1, 0.15) is 6.04 Å². The van der Waals surface area contributed by atoms with Crippen LogP contribution in [-0.2, 0) is 9.59 Å². The molecule has 112 valence electrons. The normalized spacial score (nSPS) is 13.8. The zero-order chi connectivity index (χ0) is 14.7. The van der Waals surface area contributed by atoms with E-state index in [0.29, 0.717) is 25.3 Å². The number of carboxylic acids is 1. The molecule has 0 saturated carbocycles. The average molecular weight is 272 g/mol. The summed E-state index contributed by atoms with van der Waals surface area (Å²) < 4.78 is 0. The van der Waals surface area contributed by atoms with Crippen molar-refractivity contribution in [1.29, 1.82) is 0 Å². The van der Waals surface area contributed by atoms with Crippen molar-refractivity contribution < 1.29 is 14.7 Å². The fourth-order valence-electron chi connectivity index (χ4n) is 2.06. The van der Waals surface area contributed by atoms with Crippen LogP contribution in [0.1, 0.15) is 58.8 Å². The fourth-order valence-corrected chi connectivity index (χ4v) is 2.06. The van der Waals surface area contributed by atoms with Crippen LogP contribution in [0.25, 0.3) is 0 Å². The summed E-state index contributed by atoms with van der Waals surface area (Å²) in [5.41, 5.74) is 5.51. The first-order valence-corrected chi connectivity index (χ1v) is 7.27. The molecule has 4 N–H and O–H groups in total. The fraction of sp³-hybridized carbons (Fsp3) is 0.857. The van der Waals surface area contributed by atoms with Gasteiger partial charge in [-0.3, -0.25) is 4.79 Å². The lowest BCUT2D eigenvalue weighted by molar-refractivity contribution is -0.142. The number of nitrogens with one attached hydrogen (secondary N) is 1. The molecule has 1 unspecified atom stereocenters. The molecule has 0 rings (SSSR count). The van der Waals surface area contributed by atoms with Crippen LogP contribution in [-0.4, -0.2) is 29.6 Å². The molecule has 0 fully saturated rings. The lowest BCUT2D eigenvalue weighted by atomic mass is 9.96. The lowest BCUT2D eigenvalue weighted by Crippen LogP contribution is -2.40. The highest BCUT2D eigenvalue weighted by atomic mass is 16.4. The van der Waals surface area contributed by atoms with Crippen molar-refractivity contribution >= 4 is 11.9 Å². The minimum Gasteiger partial charge on any atom is -0.480 e. The molecule has 0 heterocycles. The molecule has 0 aliphatic rings. The Hall–Kier alpha value is -1.10. The van der Waals surface area contributed by atoms with Crippen molar-refractivity contribution in [3.05, 3.63) is 0 Å². The highest BCUT2D eigenvalue weighted by Gasteiger charge is 2.19. The summed E-state index contributed by atoms with van der Waals surface area (Å²) in [5, 5.41) is 11.6. The van der Waals surface area contributed by atoms with Gasteiger partial charge in [-0.1, -0.05) is 33.1 Å². The topological polar surface area (TPSA) is 92.4 Å². The van der Waals surface area contributed by atoms with Crippen LogP contribution < -0.4 is 11.1 Å². The Morgan fingerprint density at radius 3 is 2.37 bits per heavy atom. The lowest BCUT2D eigenvalue weighted by Gasteiger charge is -2.16. The third kappa shape index (κ3) is 8.59. The molecule has 5 nitrogen and oxygen atoms in total. The predicted octanol–water partition coefficient (Wildman–Crippen LogP) is 1.90. The Balaban J connectivity index is 4.07. The Labute approximate surface area is 115 Å². The largest absolute Gasteiger partial charge is 0.480 e. The number of carboxylic acid groups (broad SMARTS) is 1. The molecule has 0 radical (unpaired) electrons. The minimum atomic E-state index is -0.948. The van der Waals surface area contributed by atoms with E-state index in [1.165, 1.54) is 0 Å². The van der Waals surface area contributed by atoms with Gasteiger partial charge in [-0.2, -0.15) is 0 Å². The predicted molar refractivity (Wildman–Crippen MR) is 75.8 cm³/mol. The van der Waals surface area contributed by atoms with Gasteiger partial charge in [0.2, 0.25) is 5.91 Å². The summed E-state index contributed by atoms with van der Waals surface area (Å²) in [6.45, 7) is 4.72. The molecule has 19 heavy (non-hydrogen) atoms. The van der Waals surface area contributed by atoms with E-state index < -0.39 is 12.0 Å². The quantitative estimate of drug-likeness (QED) is 0.535. The molecule has 2 atom stereocenters. The molecule has 0 aliphatic carbocycles. The van der Waals surface area contributed by atoms with Crippen molar-refractivity contribution in [2.75, 3.05) is 6.54 Å². The summed E-state index contributed by atoms with van der Waals surface area (Å²) in [6, 6.07) is -0.748. The molecule has 0 saturated heterocycles. The Bertz CT molecular complexity index is 269. The number of nitrogens with two attached hydrogens (primary N) is 1. The van der Waals surface area contributed by atoms with E-state index in [1.807, 2.05) is 6.92 Å². The van der Waals surface area contributed by atoms with E-state index in [1.54, 1.807) is 0 Å². The van der Waals surface area contributed by atoms with Gasteiger partial charge < -0.3 is 16.2 Å². The maximum atomic E-state index is 11.7. The minimum absolute atomic E-state index is 0.168. The summed E-state index contributed by atoms with van der Waals surface area (Å²) in [7, 11) is 0. The van der Waals surface area contributed by atoms with Gasteiger partial charge in [0.15, 0.2) is 0 Å². The average Bonchev–Trinajstić information content (AvgIpc) is 2.38. The zero-order valence-corrected chi connectivity index (χ0v) is 12.2. The number of aliphatic carboxylic acids is 1. The van der Waals surface area contributed by atoms with Crippen molar-refractivity contribution in [3.63, 3.8) is 0 Å². The molecule has 0 aromatic rings.